The summed E-state index contributed by atoms with van der Waals surface area (Å²) in [6, 6.07) is 5.16. The summed E-state index contributed by atoms with van der Waals surface area (Å²) in [4.78, 5) is 23.2. The Morgan fingerprint density at radius 3 is 2.56 bits per heavy atom. The first-order valence-corrected chi connectivity index (χ1v) is 6.61. The first-order chi connectivity index (χ1) is 8.62. The van der Waals surface area contributed by atoms with Gasteiger partial charge < -0.3 is 4.74 Å². The average molecular weight is 289 g/mol. The van der Waals surface area contributed by atoms with E-state index in [1.165, 1.54) is 0 Å². The van der Waals surface area contributed by atoms with Crippen molar-refractivity contribution in [3.8, 4) is 0 Å². The number of ether oxygens (including phenoxy) is 1. The lowest BCUT2D eigenvalue weighted by atomic mass is 10.0. The lowest BCUT2D eigenvalue weighted by Crippen LogP contribution is -2.12. The first kappa shape index (κ1) is 15.0. The normalized spacial score (nSPS) is 10.2. The third kappa shape index (κ3) is 4.00. The molecular weight excluding hydrogens is 275 g/mol. The van der Waals surface area contributed by atoms with E-state index in [1.807, 2.05) is 0 Å². The number of carbonyl (C=O) groups excluding carboxylic acids is 2. The maximum absolute atomic E-state index is 11.8. The molecule has 0 bridgehead atoms. The molecule has 18 heavy (non-hydrogen) atoms. The Morgan fingerprint density at radius 1 is 1.28 bits per heavy atom. The smallest absolute Gasteiger partial charge is 0.338 e. The van der Waals surface area contributed by atoms with Crippen LogP contribution in [0.25, 0.3) is 0 Å². The molecule has 5 heteroatoms. The molecule has 98 valence electrons. The van der Waals surface area contributed by atoms with Crippen molar-refractivity contribution in [1.82, 2.24) is 0 Å². The minimum absolute atomic E-state index is 0.0699. The number of alkyl halides is 2. The highest BCUT2D eigenvalue weighted by Gasteiger charge is 2.15. The molecule has 1 aromatic carbocycles. The molecule has 0 aliphatic heterocycles. The van der Waals surface area contributed by atoms with Gasteiger partial charge in [-0.1, -0.05) is 12.1 Å². The van der Waals surface area contributed by atoms with Crippen LogP contribution in [-0.2, 0) is 21.8 Å². The average Bonchev–Trinajstić information content (AvgIpc) is 2.39. The monoisotopic (exact) mass is 288 g/mol. The molecule has 1 rings (SSSR count). The molecule has 0 aliphatic rings. The van der Waals surface area contributed by atoms with Gasteiger partial charge in [0.1, 0.15) is 0 Å². The van der Waals surface area contributed by atoms with E-state index in [1.54, 1.807) is 25.1 Å². The molecule has 0 amide bonds. The summed E-state index contributed by atoms with van der Waals surface area (Å²) in [7, 11) is 0. The van der Waals surface area contributed by atoms with Gasteiger partial charge in [0, 0.05) is 12.3 Å². The van der Waals surface area contributed by atoms with Gasteiger partial charge in [-0.15, -0.1) is 23.2 Å². The molecule has 0 saturated carbocycles. The lowest BCUT2D eigenvalue weighted by Gasteiger charge is -2.09. The summed E-state index contributed by atoms with van der Waals surface area (Å²) in [5.74, 6) is -0.349. The van der Waals surface area contributed by atoms with Gasteiger partial charge in [0.25, 0.3) is 0 Å². The molecule has 0 radical (unpaired) electrons. The van der Waals surface area contributed by atoms with E-state index in [4.69, 9.17) is 27.9 Å². The van der Waals surface area contributed by atoms with Crippen molar-refractivity contribution in [2.75, 3.05) is 12.5 Å². The van der Waals surface area contributed by atoms with Crippen molar-refractivity contribution >= 4 is 35.0 Å². The van der Waals surface area contributed by atoms with Crippen molar-refractivity contribution in [3.63, 3.8) is 0 Å². The van der Waals surface area contributed by atoms with Crippen LogP contribution in [0.3, 0.4) is 0 Å². The quantitative estimate of drug-likeness (QED) is 0.597. The Balaban J connectivity index is 3.07. The maximum atomic E-state index is 11.8. The lowest BCUT2D eigenvalue weighted by molar-refractivity contribution is -0.116. The second kappa shape index (κ2) is 7.39. The van der Waals surface area contributed by atoms with E-state index < -0.39 is 5.97 Å². The van der Waals surface area contributed by atoms with E-state index in [2.05, 4.69) is 0 Å². The fourth-order valence-electron chi connectivity index (χ4n) is 1.52. The van der Waals surface area contributed by atoms with E-state index in [-0.39, 0.29) is 24.7 Å². The summed E-state index contributed by atoms with van der Waals surface area (Å²) in [5, 5.41) is 0. The van der Waals surface area contributed by atoms with Crippen LogP contribution in [0, 0.1) is 0 Å². The van der Waals surface area contributed by atoms with E-state index >= 15 is 0 Å². The highest BCUT2D eigenvalue weighted by molar-refractivity contribution is 6.27. The zero-order valence-electron chi connectivity index (χ0n) is 10.0. The number of rotatable bonds is 6. The highest BCUT2D eigenvalue weighted by atomic mass is 35.5. The van der Waals surface area contributed by atoms with Gasteiger partial charge in [-0.2, -0.15) is 0 Å². The van der Waals surface area contributed by atoms with Crippen LogP contribution in [0.5, 0.6) is 0 Å². The van der Waals surface area contributed by atoms with Gasteiger partial charge in [-0.25, -0.2) is 4.79 Å². The number of hydrogen-bond donors (Lipinski definition) is 0. The summed E-state index contributed by atoms with van der Waals surface area (Å²) in [6.07, 6.45) is 0.125. The Labute approximate surface area is 116 Å². The van der Waals surface area contributed by atoms with Gasteiger partial charge in [-0.05, 0) is 24.1 Å². The van der Waals surface area contributed by atoms with Crippen molar-refractivity contribution in [2.45, 2.75) is 19.2 Å². The second-order valence-corrected chi connectivity index (χ2v) is 4.23. The summed E-state index contributed by atoms with van der Waals surface area (Å²) in [6.45, 7) is 2.01. The van der Waals surface area contributed by atoms with E-state index in [0.29, 0.717) is 17.0 Å². The van der Waals surface area contributed by atoms with Crippen molar-refractivity contribution in [1.29, 1.82) is 0 Å². The SMILES string of the molecule is CCOC(=O)c1cc(CCl)ccc1CC(=O)CCl. The highest BCUT2D eigenvalue weighted by Crippen LogP contribution is 2.16. The number of hydrogen-bond acceptors (Lipinski definition) is 3. The summed E-state index contributed by atoms with van der Waals surface area (Å²) in [5.41, 5.74) is 1.81. The van der Waals surface area contributed by atoms with Gasteiger partial charge in [0.05, 0.1) is 18.1 Å². The van der Waals surface area contributed by atoms with Gasteiger partial charge >= 0.3 is 5.97 Å². The zero-order valence-corrected chi connectivity index (χ0v) is 11.6. The van der Waals surface area contributed by atoms with Crippen LogP contribution in [0.15, 0.2) is 18.2 Å². The largest absolute Gasteiger partial charge is 0.462 e. The van der Waals surface area contributed by atoms with Crippen LogP contribution >= 0.6 is 23.2 Å². The number of carbonyl (C=O) groups is 2. The first-order valence-electron chi connectivity index (χ1n) is 5.54. The Bertz CT molecular complexity index is 444. The molecule has 0 heterocycles. The fraction of sp³-hybridized carbons (Fsp3) is 0.385. The molecule has 0 aromatic heterocycles. The number of Topliss-reactive ketones (excluding diaryl/α,β-unsaturated/α-hetero) is 1. The minimum Gasteiger partial charge on any atom is -0.462 e. The molecule has 0 saturated heterocycles. The van der Waals surface area contributed by atoms with Crippen LogP contribution < -0.4 is 0 Å². The fourth-order valence-corrected chi connectivity index (χ4v) is 1.78. The number of benzene rings is 1. The minimum atomic E-state index is -0.443. The number of ketones is 1. The van der Waals surface area contributed by atoms with Crippen molar-refractivity contribution in [2.24, 2.45) is 0 Å². The van der Waals surface area contributed by atoms with Crippen LogP contribution in [0.1, 0.15) is 28.4 Å². The van der Waals surface area contributed by atoms with Crippen molar-refractivity contribution in [3.05, 3.63) is 34.9 Å². The van der Waals surface area contributed by atoms with Crippen LogP contribution in [0.4, 0.5) is 0 Å². The van der Waals surface area contributed by atoms with Gasteiger partial charge in [0.2, 0.25) is 0 Å². The predicted molar refractivity (Wildman–Crippen MR) is 71.4 cm³/mol. The van der Waals surface area contributed by atoms with Crippen LogP contribution in [0.2, 0.25) is 0 Å². The summed E-state index contributed by atoms with van der Waals surface area (Å²) >= 11 is 11.2. The molecule has 0 unspecified atom stereocenters. The third-order valence-electron chi connectivity index (χ3n) is 2.36. The summed E-state index contributed by atoms with van der Waals surface area (Å²) < 4.78 is 4.96. The van der Waals surface area contributed by atoms with Crippen LogP contribution in [-0.4, -0.2) is 24.2 Å². The maximum Gasteiger partial charge on any atom is 0.338 e. The molecule has 0 fully saturated rings. The third-order valence-corrected chi connectivity index (χ3v) is 2.97. The zero-order chi connectivity index (χ0) is 13.5. The molecule has 0 atom stereocenters. The molecule has 3 nitrogen and oxygen atoms in total. The van der Waals surface area contributed by atoms with Gasteiger partial charge in [0.15, 0.2) is 5.78 Å². The molecule has 0 spiro atoms. The predicted octanol–water partition coefficient (Wildman–Crippen LogP) is 2.95. The van der Waals surface area contributed by atoms with E-state index in [9.17, 15) is 9.59 Å². The molecule has 1 aromatic rings. The Hall–Kier alpha value is -1.06. The number of esters is 1. The second-order valence-electron chi connectivity index (χ2n) is 3.69. The number of halogens is 2. The molecule has 0 N–H and O–H groups in total. The van der Waals surface area contributed by atoms with Gasteiger partial charge in [-0.3, -0.25) is 4.79 Å². The molecule has 0 aliphatic carbocycles. The molecular formula is C13H14Cl2O3. The standard InChI is InChI=1S/C13H14Cl2O3/c1-2-18-13(17)12-5-9(7-14)3-4-10(12)6-11(16)8-15/h3-5H,2,6-8H2,1H3. The topological polar surface area (TPSA) is 43.4 Å². The van der Waals surface area contributed by atoms with E-state index in [0.717, 1.165) is 5.56 Å². The Morgan fingerprint density at radius 2 is 2.00 bits per heavy atom. The Kier molecular flexibility index (Phi) is 6.16. The van der Waals surface area contributed by atoms with Crippen molar-refractivity contribution < 1.29 is 14.3 Å².